The van der Waals surface area contributed by atoms with E-state index in [9.17, 15) is 0 Å². The van der Waals surface area contributed by atoms with E-state index in [2.05, 4.69) is 15.3 Å². The Hall–Kier alpha value is -1.82. The second-order valence-electron chi connectivity index (χ2n) is 3.18. The van der Waals surface area contributed by atoms with Crippen LogP contribution >= 0.6 is 11.8 Å². The Bertz CT molecular complexity index is 524. The second kappa shape index (κ2) is 5.49. The first-order valence-corrected chi connectivity index (χ1v) is 6.18. The molecule has 5 nitrogen and oxygen atoms in total. The van der Waals surface area contributed by atoms with Crippen molar-refractivity contribution in [3.05, 3.63) is 36.2 Å². The lowest BCUT2D eigenvalue weighted by Crippen LogP contribution is -1.92. The zero-order chi connectivity index (χ0) is 12.1. The van der Waals surface area contributed by atoms with Gasteiger partial charge in [-0.05, 0) is 24.0 Å². The molecule has 0 aliphatic carbocycles. The molecule has 0 spiro atoms. The topological polar surface area (TPSA) is 52.3 Å². The molecule has 88 valence electrons. The summed E-state index contributed by atoms with van der Waals surface area (Å²) in [6.45, 7) is 0. The van der Waals surface area contributed by atoms with Crippen molar-refractivity contribution >= 4 is 18.0 Å². The number of nitrogens with zero attached hydrogens (tertiary/aromatic N) is 4. The third-order valence-corrected chi connectivity index (χ3v) is 2.74. The van der Waals surface area contributed by atoms with E-state index in [1.807, 2.05) is 30.5 Å². The highest BCUT2D eigenvalue weighted by molar-refractivity contribution is 7.98. The molecule has 1 aromatic heterocycles. The van der Waals surface area contributed by atoms with Crippen LogP contribution in [0.1, 0.15) is 5.56 Å². The molecule has 2 rings (SSSR count). The van der Waals surface area contributed by atoms with Crippen molar-refractivity contribution in [2.24, 2.45) is 5.10 Å². The minimum Gasteiger partial charge on any atom is -0.497 e. The molecule has 1 aromatic carbocycles. The summed E-state index contributed by atoms with van der Waals surface area (Å²) in [5.74, 6) is 0.808. The van der Waals surface area contributed by atoms with Crippen LogP contribution in [0.5, 0.6) is 5.75 Å². The number of thioether (sulfide) groups is 1. The van der Waals surface area contributed by atoms with Crippen LogP contribution in [0.3, 0.4) is 0 Å². The van der Waals surface area contributed by atoms with Crippen LogP contribution in [-0.4, -0.2) is 34.5 Å². The number of benzene rings is 1. The molecule has 0 bridgehead atoms. The van der Waals surface area contributed by atoms with E-state index < -0.39 is 0 Å². The second-order valence-corrected chi connectivity index (χ2v) is 3.96. The molecule has 17 heavy (non-hydrogen) atoms. The van der Waals surface area contributed by atoms with Gasteiger partial charge >= 0.3 is 0 Å². The summed E-state index contributed by atoms with van der Waals surface area (Å²) in [6, 6.07) is 7.67. The van der Waals surface area contributed by atoms with E-state index in [1.165, 1.54) is 11.8 Å². The van der Waals surface area contributed by atoms with Crippen molar-refractivity contribution in [1.29, 1.82) is 0 Å². The maximum atomic E-state index is 5.14. The molecule has 0 saturated heterocycles. The van der Waals surface area contributed by atoms with Crippen LogP contribution in [-0.2, 0) is 0 Å². The predicted molar refractivity (Wildman–Crippen MR) is 67.8 cm³/mol. The van der Waals surface area contributed by atoms with Crippen molar-refractivity contribution in [1.82, 2.24) is 14.9 Å². The number of ether oxygens (including phenoxy) is 1. The molecule has 0 amide bonds. The van der Waals surface area contributed by atoms with Gasteiger partial charge in [0, 0.05) is 0 Å². The SMILES string of the molecule is COc1cccc(/C=N\n2cnnc2SC)c1. The van der Waals surface area contributed by atoms with Crippen molar-refractivity contribution in [3.8, 4) is 5.75 Å². The minimum absolute atomic E-state index is 0.754. The summed E-state index contributed by atoms with van der Waals surface area (Å²) in [5, 5.41) is 12.7. The number of methoxy groups -OCH3 is 1. The molecule has 6 heteroatoms. The first-order valence-electron chi connectivity index (χ1n) is 4.96. The van der Waals surface area contributed by atoms with Gasteiger partial charge in [-0.2, -0.15) is 9.78 Å². The van der Waals surface area contributed by atoms with E-state index >= 15 is 0 Å². The lowest BCUT2D eigenvalue weighted by Gasteiger charge is -2.00. The van der Waals surface area contributed by atoms with Crippen molar-refractivity contribution < 1.29 is 4.74 Å². The first kappa shape index (κ1) is 11.7. The maximum absolute atomic E-state index is 5.14. The fraction of sp³-hybridized carbons (Fsp3) is 0.182. The molecule has 0 aliphatic rings. The van der Waals surface area contributed by atoms with E-state index in [0.29, 0.717) is 0 Å². The Balaban J connectivity index is 2.19. The quantitative estimate of drug-likeness (QED) is 0.612. The fourth-order valence-corrected chi connectivity index (χ4v) is 1.69. The molecule has 0 aliphatic heterocycles. The largest absolute Gasteiger partial charge is 0.497 e. The average Bonchev–Trinajstić information content (AvgIpc) is 2.84. The number of aromatic nitrogens is 3. The van der Waals surface area contributed by atoms with E-state index in [-0.39, 0.29) is 0 Å². The molecule has 2 aromatic rings. The summed E-state index contributed by atoms with van der Waals surface area (Å²) in [4.78, 5) is 0. The minimum atomic E-state index is 0.754. The molecular weight excluding hydrogens is 236 g/mol. The van der Waals surface area contributed by atoms with Gasteiger partial charge in [-0.15, -0.1) is 10.2 Å². The Morgan fingerprint density at radius 2 is 2.35 bits per heavy atom. The zero-order valence-corrected chi connectivity index (χ0v) is 10.4. The smallest absolute Gasteiger partial charge is 0.211 e. The van der Waals surface area contributed by atoms with E-state index in [4.69, 9.17) is 4.74 Å². The zero-order valence-electron chi connectivity index (χ0n) is 9.57. The average molecular weight is 248 g/mol. The third kappa shape index (κ3) is 2.85. The lowest BCUT2D eigenvalue weighted by molar-refractivity contribution is 0.414. The first-order chi connectivity index (χ1) is 8.33. The van der Waals surface area contributed by atoms with Crippen LogP contribution in [0.15, 0.2) is 40.9 Å². The standard InChI is InChI=1S/C11H12N4OS/c1-16-10-5-3-4-9(6-10)7-13-15-8-12-14-11(15)17-2/h3-8H,1-2H3/b13-7-. The molecule has 0 unspecified atom stereocenters. The van der Waals surface area contributed by atoms with Crippen LogP contribution in [0.2, 0.25) is 0 Å². The monoisotopic (exact) mass is 248 g/mol. The third-order valence-electron chi connectivity index (χ3n) is 2.11. The summed E-state index contributed by atoms with van der Waals surface area (Å²) < 4.78 is 6.77. The highest BCUT2D eigenvalue weighted by Crippen LogP contribution is 2.12. The summed E-state index contributed by atoms with van der Waals surface area (Å²) in [7, 11) is 1.64. The highest BCUT2D eigenvalue weighted by atomic mass is 32.2. The molecule has 0 radical (unpaired) electrons. The van der Waals surface area contributed by atoms with E-state index in [0.717, 1.165) is 16.5 Å². The van der Waals surface area contributed by atoms with Gasteiger partial charge in [0.25, 0.3) is 0 Å². The lowest BCUT2D eigenvalue weighted by atomic mass is 10.2. The Kier molecular flexibility index (Phi) is 3.77. The number of hydrogen-bond acceptors (Lipinski definition) is 5. The Morgan fingerprint density at radius 1 is 1.47 bits per heavy atom. The maximum Gasteiger partial charge on any atom is 0.211 e. The number of rotatable bonds is 4. The normalized spacial score (nSPS) is 10.9. The fourth-order valence-electron chi connectivity index (χ4n) is 1.28. The molecule has 0 fully saturated rings. The molecule has 1 heterocycles. The number of hydrogen-bond donors (Lipinski definition) is 0. The Labute approximate surface area is 104 Å². The molecule has 0 atom stereocenters. The molecule has 0 N–H and O–H groups in total. The van der Waals surface area contributed by atoms with Gasteiger partial charge in [0.05, 0.1) is 13.3 Å². The van der Waals surface area contributed by atoms with Gasteiger partial charge in [-0.1, -0.05) is 23.9 Å². The molecular formula is C11H12N4OS. The summed E-state index contributed by atoms with van der Waals surface area (Å²) in [6.07, 6.45) is 5.25. The van der Waals surface area contributed by atoms with Gasteiger partial charge in [-0.3, -0.25) is 0 Å². The van der Waals surface area contributed by atoms with Gasteiger partial charge in [0.2, 0.25) is 5.16 Å². The van der Waals surface area contributed by atoms with Crippen LogP contribution < -0.4 is 4.74 Å². The van der Waals surface area contributed by atoms with Crippen LogP contribution in [0.25, 0.3) is 0 Å². The predicted octanol–water partition coefficient (Wildman–Crippen LogP) is 1.89. The van der Waals surface area contributed by atoms with Crippen LogP contribution in [0.4, 0.5) is 0 Å². The van der Waals surface area contributed by atoms with Crippen molar-refractivity contribution in [3.63, 3.8) is 0 Å². The van der Waals surface area contributed by atoms with Gasteiger partial charge in [-0.25, -0.2) is 0 Å². The van der Waals surface area contributed by atoms with E-state index in [1.54, 1.807) is 24.3 Å². The van der Waals surface area contributed by atoms with Gasteiger partial charge < -0.3 is 4.74 Å². The van der Waals surface area contributed by atoms with Crippen molar-refractivity contribution in [2.45, 2.75) is 5.16 Å². The summed E-state index contributed by atoms with van der Waals surface area (Å²) >= 11 is 1.50. The van der Waals surface area contributed by atoms with Gasteiger partial charge in [0.15, 0.2) is 0 Å². The highest BCUT2D eigenvalue weighted by Gasteiger charge is 1.99. The Morgan fingerprint density at radius 3 is 3.12 bits per heavy atom. The van der Waals surface area contributed by atoms with Crippen LogP contribution in [0, 0.1) is 0 Å². The molecule has 0 saturated carbocycles. The van der Waals surface area contributed by atoms with Gasteiger partial charge in [0.1, 0.15) is 12.1 Å². The summed E-state index contributed by atoms with van der Waals surface area (Å²) in [5.41, 5.74) is 0.963. The van der Waals surface area contributed by atoms with Crippen molar-refractivity contribution in [2.75, 3.05) is 13.4 Å².